The van der Waals surface area contributed by atoms with Gasteiger partial charge in [-0.1, -0.05) is 6.08 Å². The van der Waals surface area contributed by atoms with Crippen LogP contribution in [0, 0.1) is 0 Å². The molecule has 0 N–H and O–H groups in total. The number of rotatable bonds is 2. The molecule has 1 aliphatic rings. The molecule has 4 heteroatoms. The van der Waals surface area contributed by atoms with E-state index >= 15 is 0 Å². The van der Waals surface area contributed by atoms with Crippen LogP contribution in [0.15, 0.2) is 28.9 Å². The summed E-state index contributed by atoms with van der Waals surface area (Å²) in [5.74, 6) is 0.811. The normalized spacial score (nSPS) is 20.9. The van der Waals surface area contributed by atoms with Crippen molar-refractivity contribution >= 4 is 12.1 Å². The van der Waals surface area contributed by atoms with Crippen LogP contribution in [-0.2, 0) is 0 Å². The van der Waals surface area contributed by atoms with Gasteiger partial charge in [0.25, 0.3) is 0 Å². The Labute approximate surface area is 127 Å². The highest BCUT2D eigenvalue weighted by atomic mass is 16.3. The van der Waals surface area contributed by atoms with Gasteiger partial charge in [-0.15, -0.1) is 0 Å². The molecule has 1 atom stereocenters. The zero-order valence-corrected chi connectivity index (χ0v) is 13.9. The Hall–Kier alpha value is -1.71. The summed E-state index contributed by atoms with van der Waals surface area (Å²) < 4.78 is 5.33. The van der Waals surface area contributed by atoms with Crippen molar-refractivity contribution in [2.24, 2.45) is 0 Å². The van der Waals surface area contributed by atoms with Crippen LogP contribution in [-0.4, -0.2) is 39.5 Å². The van der Waals surface area contributed by atoms with Crippen molar-refractivity contribution in [1.29, 1.82) is 0 Å². The fraction of sp³-hybridized carbons (Fsp3) is 0.588. The van der Waals surface area contributed by atoms with Crippen molar-refractivity contribution in [2.45, 2.75) is 58.7 Å². The minimum Gasteiger partial charge on any atom is -0.465 e. The predicted octanol–water partition coefficient (Wildman–Crippen LogP) is 4.00. The summed E-state index contributed by atoms with van der Waals surface area (Å²) in [4.78, 5) is 16.7. The largest absolute Gasteiger partial charge is 0.465 e. The summed E-state index contributed by atoms with van der Waals surface area (Å²) in [6.07, 6.45) is 5.67. The van der Waals surface area contributed by atoms with E-state index in [0.717, 1.165) is 5.76 Å². The number of carbonyl (C=O) groups excluding carboxylic acids is 1. The molecular formula is C17H26N2O2. The molecule has 0 aliphatic carbocycles. The van der Waals surface area contributed by atoms with Gasteiger partial charge < -0.3 is 14.2 Å². The van der Waals surface area contributed by atoms with Crippen molar-refractivity contribution in [3.8, 4) is 0 Å². The molecule has 0 saturated carbocycles. The maximum absolute atomic E-state index is 12.8. The molecule has 0 spiro atoms. The van der Waals surface area contributed by atoms with Crippen molar-refractivity contribution in [2.75, 3.05) is 6.54 Å². The topological polar surface area (TPSA) is 36.7 Å². The summed E-state index contributed by atoms with van der Waals surface area (Å²) in [6.45, 7) is 13.1. The molecule has 1 saturated heterocycles. The van der Waals surface area contributed by atoms with Crippen LogP contribution >= 0.6 is 0 Å². The summed E-state index contributed by atoms with van der Waals surface area (Å²) >= 11 is 0. The van der Waals surface area contributed by atoms with Crippen LogP contribution in [0.1, 0.15) is 47.3 Å². The van der Waals surface area contributed by atoms with E-state index in [1.165, 1.54) is 0 Å². The van der Waals surface area contributed by atoms with Crippen LogP contribution in [0.4, 0.5) is 4.79 Å². The first-order valence-corrected chi connectivity index (χ1v) is 7.43. The second-order valence-electron chi connectivity index (χ2n) is 7.55. The summed E-state index contributed by atoms with van der Waals surface area (Å²) in [7, 11) is 0. The third-order valence-electron chi connectivity index (χ3n) is 3.70. The molecule has 0 radical (unpaired) electrons. The van der Waals surface area contributed by atoms with Crippen LogP contribution < -0.4 is 0 Å². The molecule has 1 fully saturated rings. The lowest BCUT2D eigenvalue weighted by Crippen LogP contribution is -2.50. The Balaban J connectivity index is 2.27. The Kier molecular flexibility index (Phi) is 3.91. The van der Waals surface area contributed by atoms with Gasteiger partial charge in [0.1, 0.15) is 5.76 Å². The first-order valence-electron chi connectivity index (χ1n) is 7.43. The number of carbonyl (C=O) groups is 1. The molecule has 1 aromatic rings. The van der Waals surface area contributed by atoms with Gasteiger partial charge in [-0.25, -0.2) is 4.79 Å². The third-order valence-corrected chi connectivity index (χ3v) is 3.70. The highest BCUT2D eigenvalue weighted by Crippen LogP contribution is 2.31. The summed E-state index contributed by atoms with van der Waals surface area (Å²) in [6, 6.07) is 3.93. The van der Waals surface area contributed by atoms with Crippen molar-refractivity contribution in [1.82, 2.24) is 9.80 Å². The van der Waals surface area contributed by atoms with E-state index in [4.69, 9.17) is 4.42 Å². The Morgan fingerprint density at radius 3 is 2.33 bits per heavy atom. The minimum atomic E-state index is -0.213. The lowest BCUT2D eigenvalue weighted by atomic mass is 10.0. The first-order chi connectivity index (χ1) is 9.60. The van der Waals surface area contributed by atoms with Crippen LogP contribution in [0.2, 0.25) is 0 Å². The van der Waals surface area contributed by atoms with Gasteiger partial charge in [0.05, 0.1) is 12.3 Å². The second kappa shape index (κ2) is 5.24. The fourth-order valence-corrected chi connectivity index (χ4v) is 2.70. The zero-order valence-electron chi connectivity index (χ0n) is 13.9. The van der Waals surface area contributed by atoms with Crippen LogP contribution in [0.5, 0.6) is 0 Å². The molecule has 116 valence electrons. The second-order valence-corrected chi connectivity index (χ2v) is 7.55. The summed E-state index contributed by atoms with van der Waals surface area (Å²) in [5.41, 5.74) is -0.386. The van der Waals surface area contributed by atoms with E-state index in [1.54, 1.807) is 6.26 Å². The molecule has 2 heterocycles. The van der Waals surface area contributed by atoms with Gasteiger partial charge in [0.2, 0.25) is 0 Å². The van der Waals surface area contributed by atoms with E-state index in [1.807, 2.05) is 28.0 Å². The highest BCUT2D eigenvalue weighted by molar-refractivity contribution is 5.79. The molecule has 1 unspecified atom stereocenters. The SMILES string of the molecule is CC(C)(C)N1CC(/C=C/c2ccco2)N(C(C)(C)C)C1=O. The molecule has 4 nitrogen and oxygen atoms in total. The lowest BCUT2D eigenvalue weighted by molar-refractivity contribution is 0.129. The Bertz CT molecular complexity index is 518. The van der Waals surface area contributed by atoms with E-state index in [0.29, 0.717) is 6.54 Å². The smallest absolute Gasteiger partial charge is 0.321 e. The van der Waals surface area contributed by atoms with Crippen molar-refractivity contribution in [3.63, 3.8) is 0 Å². The quantitative estimate of drug-likeness (QED) is 0.825. The number of amides is 2. The maximum Gasteiger partial charge on any atom is 0.321 e. The Morgan fingerprint density at radius 1 is 1.19 bits per heavy atom. The van der Waals surface area contributed by atoms with Gasteiger partial charge >= 0.3 is 6.03 Å². The number of nitrogens with zero attached hydrogens (tertiary/aromatic N) is 2. The Morgan fingerprint density at radius 2 is 1.86 bits per heavy atom. The van der Waals surface area contributed by atoms with E-state index < -0.39 is 0 Å². The molecule has 2 rings (SSSR count). The predicted molar refractivity (Wildman–Crippen MR) is 85.0 cm³/mol. The summed E-state index contributed by atoms with van der Waals surface area (Å²) in [5, 5.41) is 0. The average Bonchev–Trinajstić information content (AvgIpc) is 2.91. The van der Waals surface area contributed by atoms with E-state index in [2.05, 4.69) is 47.6 Å². The molecular weight excluding hydrogens is 264 g/mol. The van der Waals surface area contributed by atoms with Crippen LogP contribution in [0.25, 0.3) is 6.08 Å². The number of hydrogen-bond acceptors (Lipinski definition) is 2. The monoisotopic (exact) mass is 290 g/mol. The van der Waals surface area contributed by atoms with Gasteiger partial charge in [-0.3, -0.25) is 0 Å². The molecule has 21 heavy (non-hydrogen) atoms. The molecule has 0 aromatic carbocycles. The van der Waals surface area contributed by atoms with E-state index in [-0.39, 0.29) is 23.2 Å². The van der Waals surface area contributed by atoms with E-state index in [9.17, 15) is 4.79 Å². The third kappa shape index (κ3) is 3.31. The number of urea groups is 1. The lowest BCUT2D eigenvalue weighted by Gasteiger charge is -2.36. The van der Waals surface area contributed by atoms with Crippen molar-refractivity contribution < 1.29 is 9.21 Å². The van der Waals surface area contributed by atoms with Gasteiger partial charge in [0.15, 0.2) is 0 Å². The van der Waals surface area contributed by atoms with Crippen molar-refractivity contribution in [3.05, 3.63) is 30.2 Å². The molecule has 1 aromatic heterocycles. The van der Waals surface area contributed by atoms with Gasteiger partial charge in [-0.2, -0.15) is 0 Å². The maximum atomic E-state index is 12.8. The first kappa shape index (κ1) is 15.7. The average molecular weight is 290 g/mol. The molecule has 0 bridgehead atoms. The van der Waals surface area contributed by atoms with Crippen LogP contribution in [0.3, 0.4) is 0 Å². The zero-order chi connectivity index (χ0) is 15.8. The molecule has 2 amide bonds. The standard InChI is InChI=1S/C17H26N2O2/c1-16(2,3)18-12-13(9-10-14-8-7-11-21-14)19(15(18)20)17(4,5)6/h7-11,13H,12H2,1-6H3/b10-9+. The highest BCUT2D eigenvalue weighted by Gasteiger charge is 2.45. The minimum absolute atomic E-state index is 0.0572. The number of hydrogen-bond donors (Lipinski definition) is 0. The molecule has 1 aliphatic heterocycles. The van der Waals surface area contributed by atoms with Gasteiger partial charge in [-0.05, 0) is 59.8 Å². The fourth-order valence-electron chi connectivity index (χ4n) is 2.70. The number of furan rings is 1. The van der Waals surface area contributed by atoms with Gasteiger partial charge in [0, 0.05) is 17.6 Å².